The second-order valence-electron chi connectivity index (χ2n) is 8.16. The van der Waals surface area contributed by atoms with Crippen LogP contribution in [0.2, 0.25) is 0 Å². The van der Waals surface area contributed by atoms with Crippen LogP contribution in [0.15, 0.2) is 80.8 Å². The molecule has 4 rings (SSSR count). The number of carbonyl (C=O) groups is 1. The molecule has 0 saturated carbocycles. The number of amides is 1. The molecule has 1 amide bonds. The number of quaternary nitrogens is 1. The Bertz CT molecular complexity index is 1450. The molecule has 2 unspecified atom stereocenters. The zero-order valence-electron chi connectivity index (χ0n) is 19.1. The molecular weight excluding hydrogens is 499 g/mol. The van der Waals surface area contributed by atoms with Crippen LogP contribution in [-0.4, -0.2) is 58.3 Å². The number of rotatable bonds is 5. The van der Waals surface area contributed by atoms with Gasteiger partial charge in [0.25, 0.3) is 0 Å². The number of sulfone groups is 1. The predicted molar refractivity (Wildman–Crippen MR) is 129 cm³/mol. The fourth-order valence-electron chi connectivity index (χ4n) is 3.97. The Kier molecular flexibility index (Phi) is 6.09. The number of nitrogens with two attached hydrogens (primary N) is 1. The number of hydrogen-bond acceptors (Lipinski definition) is 7. The van der Waals surface area contributed by atoms with Crippen LogP contribution < -0.4 is 15.1 Å². The molecule has 2 aromatic carbocycles. The number of benzene rings is 2. The van der Waals surface area contributed by atoms with Gasteiger partial charge in [-0.2, -0.15) is 18.2 Å². The fourth-order valence-corrected chi connectivity index (χ4v) is 4.95. The number of guanidine groups is 1. The Morgan fingerprint density at radius 3 is 2.31 bits per heavy atom. The van der Waals surface area contributed by atoms with E-state index in [9.17, 15) is 26.4 Å². The van der Waals surface area contributed by atoms with E-state index >= 15 is 0 Å². The van der Waals surface area contributed by atoms with Crippen molar-refractivity contribution < 1.29 is 31.1 Å². The lowest BCUT2D eigenvalue weighted by Crippen LogP contribution is -2.51. The third-order valence-electron chi connectivity index (χ3n) is 5.85. The van der Waals surface area contributed by atoms with Gasteiger partial charge in [0.2, 0.25) is 11.6 Å². The number of nitrogens with zero attached hydrogens (tertiary/aromatic N) is 4. The Balaban J connectivity index is 1.86. The molecule has 188 valence electrons. The SMILES string of the molecule is COc1ccc([N+]2(C3=NCC(C(N)=O)(c4ccccc4S(C)(=O)=O)C=N3)C=CC(C(F)(F)F)=N2)cc1. The smallest absolute Gasteiger partial charge is 0.438 e. The summed E-state index contributed by atoms with van der Waals surface area (Å²) < 4.78 is 69.5. The highest BCUT2D eigenvalue weighted by Crippen LogP contribution is 2.37. The summed E-state index contributed by atoms with van der Waals surface area (Å²) in [6.07, 6.45) is -0.630. The van der Waals surface area contributed by atoms with E-state index in [1.165, 1.54) is 49.7 Å². The van der Waals surface area contributed by atoms with Crippen molar-refractivity contribution in [3.05, 3.63) is 66.4 Å². The minimum absolute atomic E-state index is 0.0685. The normalized spacial score (nSPS) is 23.8. The largest absolute Gasteiger partial charge is 0.497 e. The van der Waals surface area contributed by atoms with Gasteiger partial charge in [0, 0.05) is 30.7 Å². The second-order valence-corrected chi connectivity index (χ2v) is 10.1. The van der Waals surface area contributed by atoms with Gasteiger partial charge in [-0.25, -0.2) is 13.4 Å². The lowest BCUT2D eigenvalue weighted by molar-refractivity contribution is -0.120. The van der Waals surface area contributed by atoms with E-state index in [1.54, 1.807) is 12.1 Å². The monoisotopic (exact) mass is 520 g/mol. The van der Waals surface area contributed by atoms with Crippen molar-refractivity contribution in [2.75, 3.05) is 19.9 Å². The van der Waals surface area contributed by atoms with Gasteiger partial charge in [-0.05, 0) is 23.8 Å². The molecule has 2 aromatic rings. The Morgan fingerprint density at radius 1 is 1.14 bits per heavy atom. The van der Waals surface area contributed by atoms with Gasteiger partial charge in [0.15, 0.2) is 15.5 Å². The summed E-state index contributed by atoms with van der Waals surface area (Å²) in [5, 5.41) is 3.88. The Labute approximate surface area is 204 Å². The number of allylic oxidation sites excluding steroid dienone is 1. The highest BCUT2D eigenvalue weighted by Gasteiger charge is 2.50. The number of hydrogen-bond donors (Lipinski definition) is 1. The van der Waals surface area contributed by atoms with Crippen LogP contribution >= 0.6 is 0 Å². The second kappa shape index (κ2) is 8.68. The first-order valence-electron chi connectivity index (χ1n) is 10.4. The Hall–Kier alpha value is -3.84. The molecule has 2 aliphatic rings. The van der Waals surface area contributed by atoms with E-state index in [4.69, 9.17) is 10.5 Å². The van der Waals surface area contributed by atoms with Crippen LogP contribution in [0.5, 0.6) is 5.75 Å². The van der Waals surface area contributed by atoms with Crippen molar-refractivity contribution in [3.8, 4) is 5.75 Å². The highest BCUT2D eigenvalue weighted by molar-refractivity contribution is 7.90. The molecule has 9 nitrogen and oxygen atoms in total. The van der Waals surface area contributed by atoms with E-state index in [-0.39, 0.29) is 22.1 Å². The molecule has 2 aliphatic heterocycles. The fraction of sp³-hybridized carbons (Fsp3) is 0.217. The summed E-state index contributed by atoms with van der Waals surface area (Å²) in [4.78, 5) is 21.1. The summed E-state index contributed by atoms with van der Waals surface area (Å²) in [7, 11) is -2.31. The number of methoxy groups -OCH3 is 1. The molecule has 2 atom stereocenters. The molecule has 0 fully saturated rings. The van der Waals surface area contributed by atoms with E-state index in [0.717, 1.165) is 18.5 Å². The lowest BCUT2D eigenvalue weighted by atomic mass is 9.80. The molecule has 0 aromatic heterocycles. The first-order valence-corrected chi connectivity index (χ1v) is 12.3. The molecule has 36 heavy (non-hydrogen) atoms. The van der Waals surface area contributed by atoms with E-state index in [0.29, 0.717) is 5.75 Å². The van der Waals surface area contributed by atoms with Gasteiger partial charge in [-0.3, -0.25) is 4.79 Å². The average molecular weight is 521 g/mol. The molecule has 2 N–H and O–H groups in total. The van der Waals surface area contributed by atoms with Crippen LogP contribution in [0.3, 0.4) is 0 Å². The maximum absolute atomic E-state index is 13.5. The zero-order valence-corrected chi connectivity index (χ0v) is 19.9. The number of aliphatic imine (C=N–C) groups is 2. The first-order chi connectivity index (χ1) is 16.8. The number of carbonyl (C=O) groups excluding carboxylic acids is 1. The molecule has 2 heterocycles. The van der Waals surface area contributed by atoms with Gasteiger partial charge in [0.05, 0.1) is 18.6 Å². The van der Waals surface area contributed by atoms with Gasteiger partial charge in [0.1, 0.15) is 17.4 Å². The molecule has 0 radical (unpaired) electrons. The lowest BCUT2D eigenvalue weighted by Gasteiger charge is -2.31. The maximum atomic E-state index is 13.5. The van der Waals surface area contributed by atoms with E-state index < -0.39 is 44.2 Å². The minimum Gasteiger partial charge on any atom is -0.497 e. The summed E-state index contributed by atoms with van der Waals surface area (Å²) >= 11 is 0. The molecular formula is C23H21F3N5O4S+. The third kappa shape index (κ3) is 4.20. The van der Waals surface area contributed by atoms with Crippen molar-refractivity contribution in [1.82, 2.24) is 4.59 Å². The van der Waals surface area contributed by atoms with Crippen LogP contribution in [0.25, 0.3) is 0 Å². The van der Waals surface area contributed by atoms with Crippen LogP contribution in [0, 0.1) is 0 Å². The van der Waals surface area contributed by atoms with Gasteiger partial charge in [-0.1, -0.05) is 27.9 Å². The number of primary amides is 1. The van der Waals surface area contributed by atoms with Crippen molar-refractivity contribution >= 4 is 39.3 Å². The Morgan fingerprint density at radius 2 is 1.81 bits per heavy atom. The average Bonchev–Trinajstić information content (AvgIpc) is 3.31. The first kappa shape index (κ1) is 25.3. The van der Waals surface area contributed by atoms with Crippen LogP contribution in [-0.2, 0) is 20.0 Å². The van der Waals surface area contributed by atoms with Gasteiger partial charge in [-0.15, -0.1) is 0 Å². The molecule has 0 bridgehead atoms. The minimum atomic E-state index is -4.73. The number of alkyl halides is 3. The van der Waals surface area contributed by atoms with E-state index in [2.05, 4.69) is 15.1 Å². The van der Waals surface area contributed by atoms with Crippen molar-refractivity contribution in [3.63, 3.8) is 0 Å². The van der Waals surface area contributed by atoms with Crippen molar-refractivity contribution in [2.24, 2.45) is 20.8 Å². The molecule has 0 aliphatic carbocycles. The summed E-state index contributed by atoms with van der Waals surface area (Å²) in [6, 6.07) is 11.9. The predicted octanol–water partition coefficient (Wildman–Crippen LogP) is 2.72. The van der Waals surface area contributed by atoms with Gasteiger partial charge >= 0.3 is 12.1 Å². The van der Waals surface area contributed by atoms with Crippen LogP contribution in [0.1, 0.15) is 5.56 Å². The van der Waals surface area contributed by atoms with Crippen molar-refractivity contribution in [2.45, 2.75) is 16.5 Å². The standard InChI is InChI=1S/C23H20F3N5O4S/c1-35-16-9-7-15(8-10-16)31(12-11-19(30-31)23(24,25)26)21-28-13-22(14-29-21,20(27)32)17-5-3-4-6-18(17)36(2,33)34/h3-13H,14H2,1-2H3,(H-,27,32)/p+1. The van der Waals surface area contributed by atoms with Crippen molar-refractivity contribution in [1.29, 1.82) is 0 Å². The van der Waals surface area contributed by atoms with E-state index in [1.807, 2.05) is 0 Å². The molecule has 0 saturated heterocycles. The highest BCUT2D eigenvalue weighted by atomic mass is 32.2. The summed E-state index contributed by atoms with van der Waals surface area (Å²) in [6.45, 7) is -0.394. The van der Waals surface area contributed by atoms with Crippen LogP contribution in [0.4, 0.5) is 18.9 Å². The molecule has 0 spiro atoms. The number of halogens is 3. The topological polar surface area (TPSA) is 124 Å². The molecule has 13 heteroatoms. The summed E-state index contributed by atoms with van der Waals surface area (Å²) in [5.41, 5.74) is 3.14. The van der Waals surface area contributed by atoms with Gasteiger partial charge < -0.3 is 10.5 Å². The summed E-state index contributed by atoms with van der Waals surface area (Å²) in [5.74, 6) is -0.624. The number of ether oxygens (including phenoxy) is 1. The third-order valence-corrected chi connectivity index (χ3v) is 7.01. The maximum Gasteiger partial charge on any atom is 0.438 e. The zero-order chi connectivity index (χ0) is 26.4. The quantitative estimate of drug-likeness (QED) is 0.609.